The number of benzene rings is 1. The highest BCUT2D eigenvalue weighted by molar-refractivity contribution is 5.66. The highest BCUT2D eigenvalue weighted by atomic mass is 19.1. The lowest BCUT2D eigenvalue weighted by Gasteiger charge is -2.08. The van der Waals surface area contributed by atoms with Crippen LogP contribution in [0.25, 0.3) is 11.3 Å². The van der Waals surface area contributed by atoms with Gasteiger partial charge in [-0.25, -0.2) is 9.37 Å². The van der Waals surface area contributed by atoms with Crippen molar-refractivity contribution in [2.24, 2.45) is 0 Å². The zero-order valence-electron chi connectivity index (χ0n) is 9.97. The molecule has 2 rings (SSSR count). The summed E-state index contributed by atoms with van der Waals surface area (Å²) in [5, 5.41) is 0. The molecule has 1 aromatic carbocycles. The van der Waals surface area contributed by atoms with Gasteiger partial charge in [-0.3, -0.25) is 4.79 Å². The molecular formula is C13H13FN2O. The lowest BCUT2D eigenvalue weighted by Crippen LogP contribution is -2.14. The molecule has 3 nitrogen and oxygen atoms in total. The maximum Gasteiger partial charge on any atom is 0.254 e. The minimum atomic E-state index is -0.287. The normalized spacial score (nSPS) is 10.6. The largest absolute Gasteiger partial charge is 0.311 e. The van der Waals surface area contributed by atoms with E-state index in [0.29, 0.717) is 17.1 Å². The zero-order valence-corrected chi connectivity index (χ0v) is 9.97. The number of aromatic nitrogens is 2. The number of nitrogens with one attached hydrogen (secondary N) is 1. The molecule has 0 radical (unpaired) electrons. The van der Waals surface area contributed by atoms with E-state index in [-0.39, 0.29) is 11.4 Å². The summed E-state index contributed by atoms with van der Waals surface area (Å²) in [6, 6.07) is 4.46. The molecule has 0 aliphatic rings. The third kappa shape index (κ3) is 2.11. The molecule has 0 saturated heterocycles. The average Bonchev–Trinajstić information content (AvgIpc) is 2.24. The minimum absolute atomic E-state index is 0.156. The Labute approximate surface area is 98.3 Å². The second kappa shape index (κ2) is 4.13. The molecule has 0 aliphatic heterocycles. The Bertz CT molecular complexity index is 632. The van der Waals surface area contributed by atoms with E-state index in [2.05, 4.69) is 9.97 Å². The summed E-state index contributed by atoms with van der Waals surface area (Å²) in [4.78, 5) is 18.6. The molecule has 0 saturated carbocycles. The maximum absolute atomic E-state index is 13.0. The molecule has 1 aromatic heterocycles. The van der Waals surface area contributed by atoms with Crippen LogP contribution in [0, 0.1) is 26.6 Å². The van der Waals surface area contributed by atoms with E-state index in [0.717, 1.165) is 11.1 Å². The van der Waals surface area contributed by atoms with Crippen LogP contribution in [0.3, 0.4) is 0 Å². The van der Waals surface area contributed by atoms with Crippen molar-refractivity contribution in [3.63, 3.8) is 0 Å². The molecule has 0 bridgehead atoms. The van der Waals surface area contributed by atoms with E-state index in [1.807, 2.05) is 0 Å². The van der Waals surface area contributed by atoms with E-state index >= 15 is 0 Å². The van der Waals surface area contributed by atoms with Crippen molar-refractivity contribution in [1.29, 1.82) is 0 Å². The SMILES string of the molecule is Cc1nc(-c2ccc(F)cc2C)c(C)c(=O)[nH]1. The monoisotopic (exact) mass is 232 g/mol. The van der Waals surface area contributed by atoms with Gasteiger partial charge in [0, 0.05) is 11.1 Å². The molecule has 2 aromatic rings. The Morgan fingerprint density at radius 1 is 1.24 bits per heavy atom. The quantitative estimate of drug-likeness (QED) is 0.821. The van der Waals surface area contributed by atoms with Crippen LogP contribution in [0.2, 0.25) is 0 Å². The summed E-state index contributed by atoms with van der Waals surface area (Å²) < 4.78 is 13.0. The molecule has 1 heterocycles. The predicted molar refractivity (Wildman–Crippen MR) is 64.5 cm³/mol. The molecule has 0 spiro atoms. The number of aryl methyl sites for hydroxylation is 2. The molecule has 4 heteroatoms. The van der Waals surface area contributed by atoms with Gasteiger partial charge in [-0.1, -0.05) is 0 Å². The Balaban J connectivity index is 2.72. The van der Waals surface area contributed by atoms with Crippen molar-refractivity contribution in [1.82, 2.24) is 9.97 Å². The first-order valence-electron chi connectivity index (χ1n) is 5.33. The van der Waals surface area contributed by atoms with Crippen molar-refractivity contribution < 1.29 is 4.39 Å². The van der Waals surface area contributed by atoms with Crippen LogP contribution in [0.5, 0.6) is 0 Å². The molecule has 0 aliphatic carbocycles. The first kappa shape index (κ1) is 11.5. The minimum Gasteiger partial charge on any atom is -0.311 e. The van der Waals surface area contributed by atoms with Gasteiger partial charge < -0.3 is 4.98 Å². The molecule has 17 heavy (non-hydrogen) atoms. The fourth-order valence-corrected chi connectivity index (χ4v) is 1.80. The summed E-state index contributed by atoms with van der Waals surface area (Å²) in [5.41, 5.74) is 2.56. The maximum atomic E-state index is 13.0. The molecule has 0 unspecified atom stereocenters. The fraction of sp³-hybridized carbons (Fsp3) is 0.231. The topological polar surface area (TPSA) is 45.8 Å². The third-order valence-corrected chi connectivity index (χ3v) is 2.71. The number of aromatic amines is 1. The zero-order chi connectivity index (χ0) is 12.6. The highest BCUT2D eigenvalue weighted by Crippen LogP contribution is 2.23. The Hall–Kier alpha value is -1.97. The van der Waals surface area contributed by atoms with Crippen LogP contribution < -0.4 is 5.56 Å². The number of rotatable bonds is 1. The van der Waals surface area contributed by atoms with Crippen molar-refractivity contribution in [2.75, 3.05) is 0 Å². The van der Waals surface area contributed by atoms with Crippen LogP contribution in [-0.2, 0) is 0 Å². The lowest BCUT2D eigenvalue weighted by atomic mass is 10.0. The van der Waals surface area contributed by atoms with Gasteiger partial charge in [-0.05, 0) is 44.5 Å². The summed E-state index contributed by atoms with van der Waals surface area (Å²) >= 11 is 0. The van der Waals surface area contributed by atoms with Gasteiger partial charge in [0.1, 0.15) is 11.6 Å². The molecule has 0 atom stereocenters. The van der Waals surface area contributed by atoms with E-state index in [4.69, 9.17) is 0 Å². The van der Waals surface area contributed by atoms with Gasteiger partial charge in [0.25, 0.3) is 5.56 Å². The first-order valence-corrected chi connectivity index (χ1v) is 5.33. The van der Waals surface area contributed by atoms with Gasteiger partial charge in [-0.15, -0.1) is 0 Å². The number of H-pyrrole nitrogens is 1. The van der Waals surface area contributed by atoms with Crippen molar-refractivity contribution in [2.45, 2.75) is 20.8 Å². The molecule has 0 fully saturated rings. The lowest BCUT2D eigenvalue weighted by molar-refractivity contribution is 0.627. The summed E-state index contributed by atoms with van der Waals surface area (Å²) in [7, 11) is 0. The second-order valence-electron chi connectivity index (χ2n) is 4.08. The number of hydrogen-bond acceptors (Lipinski definition) is 2. The van der Waals surface area contributed by atoms with E-state index in [1.54, 1.807) is 26.8 Å². The standard InChI is InChI=1S/C13H13FN2O/c1-7-6-10(14)4-5-11(7)12-8(2)13(17)16-9(3)15-12/h4-6H,1-3H3,(H,15,16,17). The number of hydrogen-bond donors (Lipinski definition) is 1. The van der Waals surface area contributed by atoms with E-state index in [9.17, 15) is 9.18 Å². The molecule has 0 amide bonds. The van der Waals surface area contributed by atoms with Gasteiger partial charge in [0.2, 0.25) is 0 Å². The fourth-order valence-electron chi connectivity index (χ4n) is 1.80. The van der Waals surface area contributed by atoms with Crippen LogP contribution in [0.15, 0.2) is 23.0 Å². The second-order valence-corrected chi connectivity index (χ2v) is 4.08. The van der Waals surface area contributed by atoms with E-state index < -0.39 is 0 Å². The summed E-state index contributed by atoms with van der Waals surface area (Å²) in [6.45, 7) is 5.24. The van der Waals surface area contributed by atoms with Crippen molar-refractivity contribution >= 4 is 0 Å². The van der Waals surface area contributed by atoms with Crippen LogP contribution >= 0.6 is 0 Å². The Kier molecular flexibility index (Phi) is 2.79. The third-order valence-electron chi connectivity index (χ3n) is 2.71. The van der Waals surface area contributed by atoms with E-state index in [1.165, 1.54) is 12.1 Å². The van der Waals surface area contributed by atoms with Gasteiger partial charge in [0.05, 0.1) is 5.69 Å². The smallest absolute Gasteiger partial charge is 0.254 e. The number of nitrogens with zero attached hydrogens (tertiary/aromatic N) is 1. The Morgan fingerprint density at radius 3 is 2.59 bits per heavy atom. The average molecular weight is 232 g/mol. The van der Waals surface area contributed by atoms with Crippen molar-refractivity contribution in [3.8, 4) is 11.3 Å². The Morgan fingerprint density at radius 2 is 1.94 bits per heavy atom. The number of halogens is 1. The van der Waals surface area contributed by atoms with Gasteiger partial charge in [-0.2, -0.15) is 0 Å². The summed E-state index contributed by atoms with van der Waals surface area (Å²) in [6.07, 6.45) is 0. The molecule has 88 valence electrons. The van der Waals surface area contributed by atoms with Crippen LogP contribution in [0.1, 0.15) is 17.0 Å². The predicted octanol–water partition coefficient (Wildman–Crippen LogP) is 2.50. The van der Waals surface area contributed by atoms with Crippen molar-refractivity contribution in [3.05, 3.63) is 51.3 Å². The molecular weight excluding hydrogens is 219 g/mol. The van der Waals surface area contributed by atoms with Gasteiger partial charge >= 0.3 is 0 Å². The highest BCUT2D eigenvalue weighted by Gasteiger charge is 2.10. The van der Waals surface area contributed by atoms with Crippen LogP contribution in [-0.4, -0.2) is 9.97 Å². The molecule has 1 N–H and O–H groups in total. The summed E-state index contributed by atoms with van der Waals surface area (Å²) in [5.74, 6) is 0.268. The first-order chi connectivity index (χ1) is 7.99. The van der Waals surface area contributed by atoms with Crippen LogP contribution in [0.4, 0.5) is 4.39 Å². The van der Waals surface area contributed by atoms with Gasteiger partial charge in [0.15, 0.2) is 0 Å².